The molecule has 5 rings (SSSR count). The second kappa shape index (κ2) is 15.7. The van der Waals surface area contributed by atoms with Gasteiger partial charge in [-0.2, -0.15) is 0 Å². The molecule has 1 radical (unpaired) electrons. The summed E-state index contributed by atoms with van der Waals surface area (Å²) in [6, 6.07) is 23.4. The second-order valence-corrected chi connectivity index (χ2v) is 16.8. The number of fused-ring (bicyclic) bond motifs is 4. The van der Waals surface area contributed by atoms with Crippen LogP contribution in [0.5, 0.6) is 0 Å². The molecule has 3 aromatic carbocycles. The van der Waals surface area contributed by atoms with Gasteiger partial charge in [-0.1, -0.05) is 107 Å². The summed E-state index contributed by atoms with van der Waals surface area (Å²) < 4.78 is 0. The topological polar surface area (TPSA) is 50.2 Å². The van der Waals surface area contributed by atoms with Gasteiger partial charge in [0.1, 0.15) is 0 Å². The van der Waals surface area contributed by atoms with Crippen LogP contribution in [0.4, 0.5) is 0 Å². The molecule has 0 spiro atoms. The van der Waals surface area contributed by atoms with Crippen LogP contribution in [-0.4, -0.2) is 22.5 Å². The normalized spacial score (nSPS) is 15.5. The minimum absolute atomic E-state index is 0. The summed E-state index contributed by atoms with van der Waals surface area (Å²) in [5.74, 6) is 0.977. The number of ketones is 1. The molecular formula is C38H45IrNO2PS-. The zero-order valence-corrected chi connectivity index (χ0v) is 31.1. The molecule has 1 aromatic heterocycles. The quantitative estimate of drug-likeness (QED) is 0.0793. The third kappa shape index (κ3) is 7.34. The molecule has 1 unspecified atom stereocenters. The Morgan fingerprint density at radius 2 is 1.55 bits per heavy atom. The van der Waals surface area contributed by atoms with Crippen molar-refractivity contribution in [2.24, 2.45) is 11.8 Å². The Balaban J connectivity index is 0.000000286. The van der Waals surface area contributed by atoms with E-state index in [2.05, 4.69) is 87.2 Å². The van der Waals surface area contributed by atoms with Gasteiger partial charge >= 0.3 is 0 Å². The first-order valence-corrected chi connectivity index (χ1v) is 18.9. The molecule has 235 valence electrons. The summed E-state index contributed by atoms with van der Waals surface area (Å²) in [7, 11) is 0. The van der Waals surface area contributed by atoms with Gasteiger partial charge in [-0.05, 0) is 66.1 Å². The Morgan fingerprint density at radius 1 is 0.932 bits per heavy atom. The van der Waals surface area contributed by atoms with E-state index in [4.69, 9.17) is 16.8 Å². The largest absolute Gasteiger partial charge is 0.512 e. The fraction of sp³-hybridized carbons (Fsp3) is 0.368. The molecule has 3 nitrogen and oxygen atoms in total. The van der Waals surface area contributed by atoms with Gasteiger partial charge in [0.2, 0.25) is 0 Å². The molecule has 2 heterocycles. The first-order chi connectivity index (χ1) is 20.6. The van der Waals surface area contributed by atoms with Gasteiger partial charge in [-0.3, -0.25) is 9.78 Å². The van der Waals surface area contributed by atoms with Gasteiger partial charge in [-0.25, -0.2) is 0 Å². The predicted octanol–water partition coefficient (Wildman–Crippen LogP) is 9.73. The molecular weight excluding hydrogens is 758 g/mol. The predicted molar refractivity (Wildman–Crippen MR) is 189 cm³/mol. The monoisotopic (exact) mass is 803 g/mol. The van der Waals surface area contributed by atoms with Crippen LogP contribution in [0.2, 0.25) is 0 Å². The first kappa shape index (κ1) is 36.1. The summed E-state index contributed by atoms with van der Waals surface area (Å²) in [4.78, 5) is 16.5. The van der Waals surface area contributed by atoms with E-state index in [0.717, 1.165) is 42.3 Å². The molecule has 4 aromatic rings. The van der Waals surface area contributed by atoms with Crippen molar-refractivity contribution in [3.63, 3.8) is 0 Å². The van der Waals surface area contributed by atoms with Crippen LogP contribution in [0.15, 0.2) is 78.7 Å². The Morgan fingerprint density at radius 3 is 2.18 bits per heavy atom. The maximum atomic E-state index is 11.7. The summed E-state index contributed by atoms with van der Waals surface area (Å²) in [5, 5.41) is 14.8. The molecule has 0 saturated heterocycles. The van der Waals surface area contributed by atoms with E-state index in [1.54, 1.807) is 0 Å². The number of carbonyl (C=O) groups is 1. The van der Waals surface area contributed by atoms with Crippen LogP contribution >= 0.6 is 6.04 Å². The van der Waals surface area contributed by atoms with Gasteiger partial charge in [-0.15, -0.1) is 29.1 Å². The summed E-state index contributed by atoms with van der Waals surface area (Å²) >= 11 is 6.15. The minimum Gasteiger partial charge on any atom is -0.512 e. The van der Waals surface area contributed by atoms with Gasteiger partial charge in [0, 0.05) is 55.9 Å². The molecule has 44 heavy (non-hydrogen) atoms. The third-order valence-electron chi connectivity index (χ3n) is 8.79. The van der Waals surface area contributed by atoms with E-state index in [-0.39, 0.29) is 43.5 Å². The number of allylic oxidation sites excluding steroid dienone is 2. The van der Waals surface area contributed by atoms with Crippen LogP contribution in [0.25, 0.3) is 33.2 Å². The number of nitrogens with zero attached hydrogens (tertiary/aromatic N) is 1. The number of pyridine rings is 1. The third-order valence-corrected chi connectivity index (χ3v) is 12.6. The number of hydrogen-bond donors (Lipinski definition) is 1. The van der Waals surface area contributed by atoms with E-state index in [0.29, 0.717) is 5.92 Å². The Labute approximate surface area is 283 Å². The van der Waals surface area contributed by atoms with Gasteiger partial charge in [0.15, 0.2) is 5.78 Å². The number of benzene rings is 3. The first-order valence-electron chi connectivity index (χ1n) is 15.7. The average Bonchev–Trinajstić information content (AvgIpc) is 3.24. The summed E-state index contributed by atoms with van der Waals surface area (Å²) in [5.41, 5.74) is 5.87. The maximum Gasteiger partial charge on any atom is 0.162 e. The number of rotatable bonds is 9. The fourth-order valence-electron chi connectivity index (χ4n) is 6.11. The van der Waals surface area contributed by atoms with Crippen LogP contribution in [-0.2, 0) is 36.7 Å². The van der Waals surface area contributed by atoms with Crippen LogP contribution in [0.1, 0.15) is 78.7 Å². The standard InChI is InChI=1S/C25H21NPS.C13H24O2.Ir/c1-16(2)21-15-18(14-17-8-4-5-9-19(17)21)25-24-20-10-6-7-11-22(20)27(3,28)23(24)12-13-26-25;1-5-10(6-2)12(14)9-13(15)11(7-3)8-4;/h4-13,15-16H,1-3H3;9-11,14H,5-8H2,1-4H3;/q-1;;/b;12-9-;. The van der Waals surface area contributed by atoms with Gasteiger partial charge < -0.3 is 5.11 Å². The number of aliphatic hydroxyl groups excluding tert-OH is 1. The Bertz CT molecular complexity index is 1690. The average molecular weight is 803 g/mol. The van der Waals surface area contributed by atoms with E-state index >= 15 is 0 Å². The van der Waals surface area contributed by atoms with Crippen molar-refractivity contribution in [1.82, 2.24) is 4.98 Å². The molecule has 0 amide bonds. The SMILES string of the molecule is CC(C)c1cc(-c2nccc3c2-c2ccccc2P3(C)=S)[c-]c2ccccc12.CCC(CC)C(=O)/C=C(\O)C(CC)CC.[Ir]. The zero-order chi connectivity index (χ0) is 31.3. The van der Waals surface area contributed by atoms with E-state index < -0.39 is 6.04 Å². The molecule has 1 aliphatic heterocycles. The molecule has 0 aliphatic carbocycles. The number of aromatic nitrogens is 1. The summed E-state index contributed by atoms with van der Waals surface area (Å²) in [6.45, 7) is 14.8. The Hall–Kier alpha value is -2.42. The molecule has 0 saturated carbocycles. The molecule has 0 fully saturated rings. The number of carbonyl (C=O) groups excluding carboxylic acids is 1. The van der Waals surface area contributed by atoms with Crippen molar-refractivity contribution >= 4 is 45.0 Å². The van der Waals surface area contributed by atoms with Crippen LogP contribution in [0.3, 0.4) is 0 Å². The molecule has 1 atom stereocenters. The van der Waals surface area contributed by atoms with Crippen molar-refractivity contribution in [3.8, 4) is 22.4 Å². The smallest absolute Gasteiger partial charge is 0.162 e. The van der Waals surface area contributed by atoms with Crippen molar-refractivity contribution < 1.29 is 30.0 Å². The van der Waals surface area contributed by atoms with Gasteiger partial charge in [0.05, 0.1) is 5.76 Å². The molecule has 6 heteroatoms. The summed E-state index contributed by atoms with van der Waals surface area (Å²) in [6.07, 6.45) is 6.83. The van der Waals surface area contributed by atoms with Crippen LogP contribution < -0.4 is 10.6 Å². The van der Waals surface area contributed by atoms with Crippen molar-refractivity contribution in [3.05, 3.63) is 90.3 Å². The minimum atomic E-state index is -1.77. The van der Waals surface area contributed by atoms with Gasteiger partial charge in [0.25, 0.3) is 0 Å². The van der Waals surface area contributed by atoms with Crippen molar-refractivity contribution in [2.45, 2.75) is 73.1 Å². The molecule has 0 bridgehead atoms. The van der Waals surface area contributed by atoms with E-state index in [9.17, 15) is 9.90 Å². The number of hydrogen-bond acceptors (Lipinski definition) is 4. The fourth-order valence-corrected chi connectivity index (χ4v) is 9.32. The number of aliphatic hydroxyl groups is 1. The maximum absolute atomic E-state index is 11.7. The van der Waals surface area contributed by atoms with E-state index in [1.807, 2.05) is 33.9 Å². The molecule has 1 N–H and O–H groups in total. The van der Waals surface area contributed by atoms with Crippen molar-refractivity contribution in [2.75, 3.05) is 6.66 Å². The van der Waals surface area contributed by atoms with Crippen LogP contribution in [0, 0.1) is 17.9 Å². The van der Waals surface area contributed by atoms with Crippen molar-refractivity contribution in [1.29, 1.82) is 0 Å². The molecule has 1 aliphatic rings. The Kier molecular flexibility index (Phi) is 12.9. The zero-order valence-electron chi connectivity index (χ0n) is 27.0. The second-order valence-electron chi connectivity index (χ2n) is 11.8. The van der Waals surface area contributed by atoms with E-state index in [1.165, 1.54) is 38.8 Å².